The van der Waals surface area contributed by atoms with Crippen LogP contribution in [-0.2, 0) is 23.8 Å². The van der Waals surface area contributed by atoms with E-state index in [2.05, 4.69) is 17.4 Å². The van der Waals surface area contributed by atoms with Gasteiger partial charge in [-0.25, -0.2) is 0 Å². The molecule has 0 aromatic heterocycles. The Hall–Kier alpha value is -2.50. The van der Waals surface area contributed by atoms with Gasteiger partial charge in [0.2, 0.25) is 0 Å². The van der Waals surface area contributed by atoms with Crippen LogP contribution < -0.4 is 10.1 Å². The minimum absolute atomic E-state index is 0.0140. The van der Waals surface area contributed by atoms with E-state index >= 15 is 0 Å². The smallest absolute Gasteiger partial charge is 0.416 e. The third-order valence-corrected chi connectivity index (χ3v) is 4.53. The average molecular weight is 363 g/mol. The number of rotatable bonds is 5. The first-order valence-corrected chi connectivity index (χ1v) is 8.54. The second kappa shape index (κ2) is 7.40. The fourth-order valence-corrected chi connectivity index (χ4v) is 3.14. The number of carbonyl (C=O) groups excluding carboxylic acids is 1. The van der Waals surface area contributed by atoms with Gasteiger partial charge in [0.15, 0.2) is 6.61 Å². The molecule has 26 heavy (non-hydrogen) atoms. The highest BCUT2D eigenvalue weighted by Crippen LogP contribution is 2.31. The predicted molar refractivity (Wildman–Crippen MR) is 92.0 cm³/mol. The Bertz CT molecular complexity index is 802. The molecule has 0 saturated carbocycles. The van der Waals surface area contributed by atoms with Crippen LogP contribution in [0.15, 0.2) is 42.5 Å². The van der Waals surface area contributed by atoms with E-state index in [4.69, 9.17) is 4.74 Å². The van der Waals surface area contributed by atoms with Crippen molar-refractivity contribution in [3.63, 3.8) is 0 Å². The van der Waals surface area contributed by atoms with Crippen molar-refractivity contribution in [2.45, 2.75) is 38.4 Å². The van der Waals surface area contributed by atoms with Crippen LogP contribution in [0.25, 0.3) is 0 Å². The number of benzene rings is 2. The lowest BCUT2D eigenvalue weighted by Gasteiger charge is -2.16. The van der Waals surface area contributed by atoms with Gasteiger partial charge in [0.1, 0.15) is 5.75 Å². The maximum atomic E-state index is 12.7. The Kier molecular flexibility index (Phi) is 5.20. The number of nitrogens with one attached hydrogen (secondary N) is 1. The lowest BCUT2D eigenvalue weighted by Crippen LogP contribution is -2.31. The molecule has 1 aliphatic rings. The summed E-state index contributed by atoms with van der Waals surface area (Å²) in [7, 11) is 0. The maximum absolute atomic E-state index is 12.7. The number of alkyl halides is 3. The molecule has 1 N–H and O–H groups in total. The zero-order valence-corrected chi connectivity index (χ0v) is 14.4. The van der Waals surface area contributed by atoms with Crippen molar-refractivity contribution in [3.8, 4) is 5.75 Å². The molecule has 0 spiro atoms. The topological polar surface area (TPSA) is 38.3 Å². The molecular formula is C20H20F3NO2. The molecule has 0 saturated heterocycles. The van der Waals surface area contributed by atoms with Gasteiger partial charge in [-0.2, -0.15) is 13.2 Å². The van der Waals surface area contributed by atoms with Crippen molar-refractivity contribution in [2.24, 2.45) is 0 Å². The molecular weight excluding hydrogens is 343 g/mol. The van der Waals surface area contributed by atoms with E-state index in [9.17, 15) is 18.0 Å². The van der Waals surface area contributed by atoms with E-state index in [1.165, 1.54) is 23.3 Å². The Morgan fingerprint density at radius 2 is 1.92 bits per heavy atom. The number of carbonyl (C=O) groups is 1. The highest BCUT2D eigenvalue weighted by molar-refractivity contribution is 5.78. The summed E-state index contributed by atoms with van der Waals surface area (Å²) in [4.78, 5) is 12.1. The fraction of sp³-hybridized carbons (Fsp3) is 0.350. The van der Waals surface area contributed by atoms with Gasteiger partial charge < -0.3 is 10.1 Å². The van der Waals surface area contributed by atoms with Crippen molar-refractivity contribution in [1.29, 1.82) is 0 Å². The second-order valence-electron chi connectivity index (χ2n) is 6.49. The summed E-state index contributed by atoms with van der Waals surface area (Å²) in [6.07, 6.45) is -1.13. The molecule has 2 aromatic rings. The highest BCUT2D eigenvalue weighted by atomic mass is 19.4. The molecule has 0 unspecified atom stereocenters. The maximum Gasteiger partial charge on any atom is 0.416 e. The highest BCUT2D eigenvalue weighted by Gasteiger charge is 2.30. The Morgan fingerprint density at radius 3 is 2.69 bits per heavy atom. The first-order chi connectivity index (χ1) is 12.3. The van der Waals surface area contributed by atoms with Gasteiger partial charge in [0, 0.05) is 0 Å². The van der Waals surface area contributed by atoms with Gasteiger partial charge in [-0.1, -0.05) is 24.3 Å². The molecule has 2 aromatic carbocycles. The monoisotopic (exact) mass is 363 g/mol. The lowest BCUT2D eigenvalue weighted by atomic mass is 10.0. The number of halogens is 3. The summed E-state index contributed by atoms with van der Waals surface area (Å²) in [6.45, 7) is 1.54. The molecule has 3 nitrogen and oxygen atoms in total. The minimum Gasteiger partial charge on any atom is -0.484 e. The third kappa shape index (κ3) is 4.36. The van der Waals surface area contributed by atoms with Gasteiger partial charge in [-0.05, 0) is 61.1 Å². The first kappa shape index (κ1) is 18.3. The quantitative estimate of drug-likeness (QED) is 0.852. The van der Waals surface area contributed by atoms with Crippen molar-refractivity contribution >= 4 is 5.91 Å². The normalized spacial score (nSPS) is 14.6. The van der Waals surface area contributed by atoms with Crippen molar-refractivity contribution in [2.75, 3.05) is 6.61 Å². The van der Waals surface area contributed by atoms with E-state index in [0.29, 0.717) is 0 Å². The van der Waals surface area contributed by atoms with E-state index < -0.39 is 11.7 Å². The number of fused-ring (bicyclic) bond motifs is 1. The summed E-state index contributed by atoms with van der Waals surface area (Å²) < 4.78 is 43.3. The molecule has 6 heteroatoms. The van der Waals surface area contributed by atoms with Crippen LogP contribution >= 0.6 is 0 Å². The largest absolute Gasteiger partial charge is 0.484 e. The number of hydrogen-bond donors (Lipinski definition) is 1. The zero-order chi connectivity index (χ0) is 18.7. The molecule has 0 fully saturated rings. The molecule has 3 rings (SSSR count). The van der Waals surface area contributed by atoms with Gasteiger partial charge in [-0.15, -0.1) is 0 Å². The molecule has 0 heterocycles. The number of amides is 1. The van der Waals surface area contributed by atoms with E-state index in [-0.39, 0.29) is 24.3 Å². The minimum atomic E-state index is -4.44. The van der Waals surface area contributed by atoms with Gasteiger partial charge in [-0.3, -0.25) is 4.79 Å². The van der Waals surface area contributed by atoms with Gasteiger partial charge in [0.05, 0.1) is 11.6 Å². The summed E-state index contributed by atoms with van der Waals surface area (Å²) in [6, 6.07) is 10.5. The molecule has 138 valence electrons. The van der Waals surface area contributed by atoms with Crippen LogP contribution in [-0.4, -0.2) is 12.5 Å². The van der Waals surface area contributed by atoms with Crippen molar-refractivity contribution in [3.05, 3.63) is 64.7 Å². The van der Waals surface area contributed by atoms with Crippen molar-refractivity contribution in [1.82, 2.24) is 5.32 Å². The second-order valence-corrected chi connectivity index (χ2v) is 6.49. The summed E-state index contributed by atoms with van der Waals surface area (Å²) in [5, 5.41) is 2.82. The molecule has 0 bridgehead atoms. The van der Waals surface area contributed by atoms with Crippen LogP contribution in [0.4, 0.5) is 13.2 Å². The standard InChI is InChI=1S/C20H20F3NO2/c1-13(15-9-8-14-4-2-5-16(14)10-15)24-19(25)12-26-18-7-3-6-17(11-18)20(21,22)23/h3,6-11,13H,2,4-5,12H2,1H3,(H,24,25)/t13-/m0/s1. The Morgan fingerprint density at radius 1 is 1.15 bits per heavy atom. The Labute approximate surface area is 150 Å². The van der Waals surface area contributed by atoms with E-state index in [1.54, 1.807) is 0 Å². The summed E-state index contributed by atoms with van der Waals surface area (Å²) >= 11 is 0. The Balaban J connectivity index is 1.56. The van der Waals surface area contributed by atoms with Crippen molar-refractivity contribution < 1.29 is 22.7 Å². The van der Waals surface area contributed by atoms with Crippen LogP contribution in [0.2, 0.25) is 0 Å². The first-order valence-electron chi connectivity index (χ1n) is 8.54. The van der Waals surface area contributed by atoms with E-state index in [1.807, 2.05) is 13.0 Å². The predicted octanol–water partition coefficient (Wildman–Crippen LogP) is 4.45. The summed E-state index contributed by atoms with van der Waals surface area (Å²) in [5.74, 6) is -0.365. The molecule has 1 amide bonds. The lowest BCUT2D eigenvalue weighted by molar-refractivity contribution is -0.137. The molecule has 0 radical (unpaired) electrons. The number of hydrogen-bond acceptors (Lipinski definition) is 2. The summed E-state index contributed by atoms with van der Waals surface area (Å²) in [5.41, 5.74) is 2.89. The molecule has 1 atom stereocenters. The molecule has 1 aliphatic carbocycles. The SMILES string of the molecule is C[C@H](NC(=O)COc1cccc(C(F)(F)F)c1)c1ccc2c(c1)CCC2. The zero-order valence-electron chi connectivity index (χ0n) is 14.4. The fourth-order valence-electron chi connectivity index (χ4n) is 3.14. The van der Waals surface area contributed by atoms with Crippen LogP contribution in [0.1, 0.15) is 41.6 Å². The van der Waals surface area contributed by atoms with E-state index in [0.717, 1.165) is 37.0 Å². The van der Waals surface area contributed by atoms with Crippen LogP contribution in [0.5, 0.6) is 5.75 Å². The third-order valence-electron chi connectivity index (χ3n) is 4.53. The number of ether oxygens (including phenoxy) is 1. The van der Waals surface area contributed by atoms with Gasteiger partial charge in [0.25, 0.3) is 5.91 Å². The van der Waals surface area contributed by atoms with Crippen LogP contribution in [0.3, 0.4) is 0 Å². The number of aryl methyl sites for hydroxylation is 2. The van der Waals surface area contributed by atoms with Gasteiger partial charge >= 0.3 is 6.18 Å². The average Bonchev–Trinajstić information content (AvgIpc) is 3.07. The van der Waals surface area contributed by atoms with Crippen LogP contribution in [0, 0.1) is 0 Å². The molecule has 0 aliphatic heterocycles.